The number of halogens is 3. The van der Waals surface area contributed by atoms with Crippen LogP contribution in [0.1, 0.15) is 45.7 Å². The Balaban J connectivity index is 1.66. The summed E-state index contributed by atoms with van der Waals surface area (Å²) in [4.78, 5) is 1.69. The zero-order valence-electron chi connectivity index (χ0n) is 22.3. The van der Waals surface area contributed by atoms with Crippen molar-refractivity contribution in [1.29, 1.82) is 0 Å². The molecule has 2 atom stereocenters. The molecule has 0 spiro atoms. The number of hydrogen-bond acceptors (Lipinski definition) is 5. The van der Waals surface area contributed by atoms with Crippen LogP contribution < -0.4 is 10.5 Å². The minimum Gasteiger partial charge on any atom is -0.398 e. The maximum absolute atomic E-state index is 14.6. The molecule has 0 unspecified atom stereocenters. The average Bonchev–Trinajstić information content (AvgIpc) is 3.40. The zero-order valence-corrected chi connectivity index (χ0v) is 23.3. The molecule has 1 aromatic heterocycles. The average molecular weight is 523 g/mol. The molecule has 3 heterocycles. The van der Waals surface area contributed by atoms with Crippen LogP contribution in [0, 0.1) is 11.6 Å². The number of rotatable bonds is 8. The highest BCUT2D eigenvalue weighted by molar-refractivity contribution is 6.76. The zero-order chi connectivity index (χ0) is 26.5. The first-order chi connectivity index (χ1) is 16.7. The highest BCUT2D eigenvalue weighted by Crippen LogP contribution is 2.39. The van der Waals surface area contributed by atoms with Gasteiger partial charge in [0.15, 0.2) is 5.82 Å². The van der Waals surface area contributed by atoms with Gasteiger partial charge in [0.2, 0.25) is 0 Å². The molecule has 36 heavy (non-hydrogen) atoms. The normalized spacial score (nSPS) is 23.6. The van der Waals surface area contributed by atoms with Gasteiger partial charge in [-0.2, -0.15) is 5.10 Å². The van der Waals surface area contributed by atoms with Crippen LogP contribution in [-0.2, 0) is 20.8 Å². The summed E-state index contributed by atoms with van der Waals surface area (Å²) < 4.78 is 63.4. The second-order valence-corrected chi connectivity index (χ2v) is 17.7. The molecule has 2 fully saturated rings. The standard InChI is InChI=1S/C25H37BF3N3O3Si/c1-24(2)25(3,4)35-26(34-24)22-14-23(30-32(22)16-33-10-11-36(5,6)7)31-15-18(28)13-21(31)19-12-17(27)8-9-20(19)29/h8-9,12,14,18,21H,10-11,13,15-16H2,1-7H3/t18-,21+/m0/s1. The van der Waals surface area contributed by atoms with Crippen molar-refractivity contribution in [2.45, 2.75) is 89.9 Å². The molecule has 6 nitrogen and oxygen atoms in total. The quantitative estimate of drug-likeness (QED) is 0.358. The molecular weight excluding hydrogens is 486 g/mol. The summed E-state index contributed by atoms with van der Waals surface area (Å²) >= 11 is 0. The molecular formula is C25H37BF3N3O3Si. The fraction of sp³-hybridized carbons (Fsp3) is 0.640. The van der Waals surface area contributed by atoms with Crippen molar-refractivity contribution in [3.8, 4) is 0 Å². The Morgan fingerprint density at radius 3 is 2.42 bits per heavy atom. The second-order valence-electron chi connectivity index (χ2n) is 12.0. The van der Waals surface area contributed by atoms with Crippen LogP contribution in [0.2, 0.25) is 25.7 Å². The van der Waals surface area contributed by atoms with E-state index in [9.17, 15) is 13.2 Å². The summed E-state index contributed by atoms with van der Waals surface area (Å²) in [5.74, 6) is -0.684. The van der Waals surface area contributed by atoms with Crippen LogP contribution in [0.3, 0.4) is 0 Å². The van der Waals surface area contributed by atoms with E-state index in [1.807, 2.05) is 27.7 Å². The van der Waals surface area contributed by atoms with Crippen LogP contribution in [0.5, 0.6) is 0 Å². The van der Waals surface area contributed by atoms with Crippen molar-refractivity contribution < 1.29 is 27.2 Å². The van der Waals surface area contributed by atoms with E-state index < -0.39 is 50.2 Å². The lowest BCUT2D eigenvalue weighted by Gasteiger charge is -2.32. The van der Waals surface area contributed by atoms with Gasteiger partial charge in [-0.15, -0.1) is 0 Å². The van der Waals surface area contributed by atoms with Crippen molar-refractivity contribution in [2.24, 2.45) is 0 Å². The summed E-state index contributed by atoms with van der Waals surface area (Å²) in [6.45, 7) is 15.5. The van der Waals surface area contributed by atoms with Gasteiger partial charge < -0.3 is 18.9 Å². The predicted molar refractivity (Wildman–Crippen MR) is 138 cm³/mol. The van der Waals surface area contributed by atoms with Gasteiger partial charge in [0.25, 0.3) is 0 Å². The minimum absolute atomic E-state index is 0.0247. The number of ether oxygens (including phenoxy) is 1. The van der Waals surface area contributed by atoms with E-state index in [2.05, 4.69) is 19.6 Å². The van der Waals surface area contributed by atoms with Gasteiger partial charge in [0.1, 0.15) is 24.5 Å². The van der Waals surface area contributed by atoms with E-state index in [1.54, 1.807) is 15.6 Å². The molecule has 0 radical (unpaired) electrons. The van der Waals surface area contributed by atoms with Gasteiger partial charge >= 0.3 is 7.12 Å². The Hall–Kier alpha value is -1.82. The summed E-state index contributed by atoms with van der Waals surface area (Å²) in [5.41, 5.74) is -0.363. The molecule has 0 aliphatic carbocycles. The Labute approximate surface area is 213 Å². The lowest BCUT2D eigenvalue weighted by Crippen LogP contribution is -2.41. The monoisotopic (exact) mass is 523 g/mol. The Morgan fingerprint density at radius 1 is 1.11 bits per heavy atom. The van der Waals surface area contributed by atoms with Gasteiger partial charge in [0.05, 0.1) is 29.4 Å². The Kier molecular flexibility index (Phi) is 7.42. The third-order valence-electron chi connectivity index (χ3n) is 7.36. The van der Waals surface area contributed by atoms with Crippen molar-refractivity contribution in [1.82, 2.24) is 9.78 Å². The van der Waals surface area contributed by atoms with Crippen LogP contribution in [0.4, 0.5) is 19.0 Å². The first kappa shape index (κ1) is 27.2. The first-order valence-corrected chi connectivity index (χ1v) is 16.2. The SMILES string of the molecule is CC1(C)OB(c2cc(N3C[C@@H](F)C[C@@H]3c3cc(F)ccc3F)nn2COCC[Si](C)(C)C)OC1(C)C. The number of anilines is 1. The Bertz CT molecular complexity index is 1080. The molecule has 2 saturated heterocycles. The molecule has 198 valence electrons. The number of hydrogen-bond donors (Lipinski definition) is 0. The summed E-state index contributed by atoms with van der Waals surface area (Å²) in [6, 6.07) is 5.38. The summed E-state index contributed by atoms with van der Waals surface area (Å²) in [6.07, 6.45) is -1.15. The molecule has 1 aromatic carbocycles. The van der Waals surface area contributed by atoms with Crippen molar-refractivity contribution in [3.63, 3.8) is 0 Å². The summed E-state index contributed by atoms with van der Waals surface area (Å²) in [5, 5.41) is 4.71. The van der Waals surface area contributed by atoms with Crippen LogP contribution in [-0.4, -0.2) is 55.5 Å². The maximum Gasteiger partial charge on any atom is 0.514 e. The third-order valence-corrected chi connectivity index (χ3v) is 9.07. The van der Waals surface area contributed by atoms with Crippen LogP contribution >= 0.6 is 0 Å². The van der Waals surface area contributed by atoms with E-state index >= 15 is 0 Å². The van der Waals surface area contributed by atoms with E-state index in [0.717, 1.165) is 24.2 Å². The largest absolute Gasteiger partial charge is 0.514 e. The number of nitrogens with zero attached hydrogens (tertiary/aromatic N) is 3. The van der Waals surface area contributed by atoms with Gasteiger partial charge in [-0.1, -0.05) is 19.6 Å². The maximum atomic E-state index is 14.6. The lowest BCUT2D eigenvalue weighted by molar-refractivity contribution is 0.00578. The topological polar surface area (TPSA) is 48.8 Å². The molecule has 4 rings (SSSR count). The molecule has 2 aliphatic rings. The number of aromatic nitrogens is 2. The van der Waals surface area contributed by atoms with E-state index in [4.69, 9.17) is 19.1 Å². The van der Waals surface area contributed by atoms with Crippen LogP contribution in [0.25, 0.3) is 0 Å². The van der Waals surface area contributed by atoms with Gasteiger partial charge in [-0.05, 0) is 51.9 Å². The minimum atomic E-state index is -1.27. The van der Waals surface area contributed by atoms with E-state index in [1.165, 1.54) is 0 Å². The van der Waals surface area contributed by atoms with E-state index in [-0.39, 0.29) is 25.3 Å². The highest BCUT2D eigenvalue weighted by Gasteiger charge is 2.53. The van der Waals surface area contributed by atoms with E-state index in [0.29, 0.717) is 18.0 Å². The third kappa shape index (κ3) is 5.69. The number of alkyl halides is 1. The van der Waals surface area contributed by atoms with Crippen molar-refractivity contribution >= 4 is 26.6 Å². The van der Waals surface area contributed by atoms with Crippen molar-refractivity contribution in [2.75, 3.05) is 18.1 Å². The molecule has 2 aromatic rings. The molecule has 0 amide bonds. The molecule has 0 saturated carbocycles. The first-order valence-electron chi connectivity index (χ1n) is 12.5. The molecule has 0 bridgehead atoms. The predicted octanol–water partition coefficient (Wildman–Crippen LogP) is 5.06. The Morgan fingerprint density at radius 2 is 1.78 bits per heavy atom. The van der Waals surface area contributed by atoms with Gasteiger partial charge in [-0.25, -0.2) is 17.9 Å². The van der Waals surface area contributed by atoms with Crippen LogP contribution in [0.15, 0.2) is 24.3 Å². The highest BCUT2D eigenvalue weighted by atomic mass is 28.3. The number of benzene rings is 1. The lowest BCUT2D eigenvalue weighted by atomic mass is 9.84. The fourth-order valence-corrected chi connectivity index (χ4v) is 5.20. The molecule has 0 N–H and O–H groups in total. The molecule has 2 aliphatic heterocycles. The fourth-order valence-electron chi connectivity index (χ4n) is 4.45. The van der Waals surface area contributed by atoms with Gasteiger partial charge in [-0.3, -0.25) is 0 Å². The second kappa shape index (κ2) is 9.81. The summed E-state index contributed by atoms with van der Waals surface area (Å²) in [7, 11) is -1.98. The smallest absolute Gasteiger partial charge is 0.398 e. The molecule has 11 heteroatoms. The van der Waals surface area contributed by atoms with Gasteiger partial charge in [0, 0.05) is 32.7 Å². The van der Waals surface area contributed by atoms with Crippen molar-refractivity contribution in [3.05, 3.63) is 41.5 Å².